The summed E-state index contributed by atoms with van der Waals surface area (Å²) in [5.74, 6) is -2.49. The lowest BCUT2D eigenvalue weighted by Crippen LogP contribution is -2.21. The van der Waals surface area contributed by atoms with E-state index in [1.165, 1.54) is 12.1 Å². The summed E-state index contributed by atoms with van der Waals surface area (Å²) in [6.45, 7) is 1.67. The fraction of sp³-hybridized carbons (Fsp3) is 0.333. The summed E-state index contributed by atoms with van der Waals surface area (Å²) in [6.07, 6.45) is -1.79. The monoisotopic (exact) mass is 421 g/mol. The second-order valence-electron chi connectivity index (χ2n) is 6.16. The van der Waals surface area contributed by atoms with Gasteiger partial charge >= 0.3 is 18.3 Å². The van der Waals surface area contributed by atoms with Crippen molar-refractivity contribution in [2.45, 2.75) is 18.4 Å². The van der Waals surface area contributed by atoms with E-state index in [1.54, 1.807) is 6.20 Å². The quantitative estimate of drug-likeness (QED) is 0.735. The van der Waals surface area contributed by atoms with Crippen molar-refractivity contribution in [3.63, 3.8) is 0 Å². The number of carboxylic acid groups (broad SMARTS) is 1. The minimum Gasteiger partial charge on any atom is -0.475 e. The van der Waals surface area contributed by atoms with Crippen LogP contribution >= 0.6 is 0 Å². The molecule has 1 aromatic carbocycles. The summed E-state index contributed by atoms with van der Waals surface area (Å²) in [4.78, 5) is 8.90. The van der Waals surface area contributed by atoms with Crippen LogP contribution in [0.25, 0.3) is 6.08 Å². The van der Waals surface area contributed by atoms with Gasteiger partial charge in [-0.1, -0.05) is 24.3 Å². The molecule has 5 nitrogen and oxygen atoms in total. The van der Waals surface area contributed by atoms with Crippen LogP contribution in [0.4, 0.5) is 26.3 Å². The van der Waals surface area contributed by atoms with Gasteiger partial charge in [-0.3, -0.25) is 4.68 Å². The molecule has 2 heterocycles. The molecule has 29 heavy (non-hydrogen) atoms. The van der Waals surface area contributed by atoms with Crippen LogP contribution in [0.3, 0.4) is 0 Å². The summed E-state index contributed by atoms with van der Waals surface area (Å²) in [5.41, 5.74) is 0.140. The molecule has 1 saturated heterocycles. The van der Waals surface area contributed by atoms with E-state index < -0.39 is 23.9 Å². The van der Waals surface area contributed by atoms with E-state index in [-0.39, 0.29) is 12.0 Å². The third kappa shape index (κ3) is 6.63. The smallest absolute Gasteiger partial charge is 0.475 e. The van der Waals surface area contributed by atoms with E-state index in [1.807, 2.05) is 29.1 Å². The Bertz CT molecular complexity index is 814. The van der Waals surface area contributed by atoms with Crippen LogP contribution in [-0.4, -0.2) is 40.1 Å². The van der Waals surface area contributed by atoms with Gasteiger partial charge in [-0.2, -0.15) is 31.4 Å². The highest BCUT2D eigenvalue weighted by atomic mass is 19.4. The van der Waals surface area contributed by atoms with E-state index in [0.717, 1.165) is 30.8 Å². The van der Waals surface area contributed by atoms with Gasteiger partial charge in [-0.25, -0.2) is 4.79 Å². The third-order valence-corrected chi connectivity index (χ3v) is 4.11. The highest BCUT2D eigenvalue weighted by molar-refractivity contribution is 5.73. The van der Waals surface area contributed by atoms with Gasteiger partial charge in [0.05, 0.1) is 11.6 Å². The molecular formula is C18H17F6N3O2. The predicted molar refractivity (Wildman–Crippen MR) is 91.8 cm³/mol. The number of carbonyl (C=O) groups is 1. The molecule has 0 aliphatic carbocycles. The molecule has 2 unspecified atom stereocenters. The predicted octanol–water partition coefficient (Wildman–Crippen LogP) is 4.01. The molecule has 2 aromatic rings. The minimum atomic E-state index is -5.08. The number of halogens is 6. The molecular weight excluding hydrogens is 404 g/mol. The Labute approximate surface area is 161 Å². The SMILES string of the molecule is FC(F)(F)c1ccc(/C=C/C2CNCC2n2cccn2)cc1.O=C(O)C(F)(F)F. The van der Waals surface area contributed by atoms with Crippen molar-refractivity contribution in [2.24, 2.45) is 5.92 Å². The zero-order valence-electron chi connectivity index (χ0n) is 14.8. The van der Waals surface area contributed by atoms with Crippen molar-refractivity contribution < 1.29 is 36.2 Å². The lowest BCUT2D eigenvalue weighted by molar-refractivity contribution is -0.192. The van der Waals surface area contributed by atoms with Crippen molar-refractivity contribution in [3.05, 3.63) is 59.9 Å². The molecule has 1 aliphatic rings. The summed E-state index contributed by atoms with van der Waals surface area (Å²) >= 11 is 0. The van der Waals surface area contributed by atoms with Gasteiger partial charge in [-0.05, 0) is 23.8 Å². The van der Waals surface area contributed by atoms with Crippen molar-refractivity contribution in [2.75, 3.05) is 13.1 Å². The summed E-state index contributed by atoms with van der Waals surface area (Å²) < 4.78 is 71.2. The standard InChI is InChI=1S/C16H16F3N3.C2HF3O2/c17-16(18,19)14-6-3-12(4-7-14)2-5-13-10-20-11-15(13)22-9-1-8-21-22;3-2(4,5)1(6)7/h1-9,13,15,20H,10-11H2;(H,6,7)/b5-2+;. The first kappa shape index (κ1) is 22.5. The van der Waals surface area contributed by atoms with Crippen LogP contribution in [0.15, 0.2) is 48.8 Å². The molecule has 0 spiro atoms. The normalized spacial score (nSPS) is 19.8. The van der Waals surface area contributed by atoms with Gasteiger partial charge in [0.2, 0.25) is 0 Å². The number of alkyl halides is 6. The number of hydrogen-bond acceptors (Lipinski definition) is 3. The molecule has 0 saturated carbocycles. The zero-order valence-corrected chi connectivity index (χ0v) is 14.8. The van der Waals surface area contributed by atoms with Gasteiger partial charge in [0.1, 0.15) is 0 Å². The first-order valence-electron chi connectivity index (χ1n) is 8.34. The molecule has 1 fully saturated rings. The molecule has 2 atom stereocenters. The van der Waals surface area contributed by atoms with Crippen LogP contribution in [0.2, 0.25) is 0 Å². The van der Waals surface area contributed by atoms with E-state index in [0.29, 0.717) is 0 Å². The molecule has 1 aromatic heterocycles. The van der Waals surface area contributed by atoms with Crippen LogP contribution in [0.5, 0.6) is 0 Å². The maximum Gasteiger partial charge on any atom is 0.490 e. The number of nitrogens with one attached hydrogen (secondary N) is 1. The molecule has 0 radical (unpaired) electrons. The van der Waals surface area contributed by atoms with Crippen molar-refractivity contribution in [3.8, 4) is 0 Å². The van der Waals surface area contributed by atoms with Gasteiger partial charge in [0, 0.05) is 31.4 Å². The van der Waals surface area contributed by atoms with Crippen molar-refractivity contribution in [1.29, 1.82) is 0 Å². The number of benzene rings is 1. The third-order valence-electron chi connectivity index (χ3n) is 4.11. The summed E-state index contributed by atoms with van der Waals surface area (Å²) in [5, 5.41) is 14.7. The van der Waals surface area contributed by atoms with Gasteiger partial charge in [-0.15, -0.1) is 0 Å². The number of hydrogen-bond donors (Lipinski definition) is 2. The van der Waals surface area contributed by atoms with Crippen LogP contribution in [0, 0.1) is 5.92 Å². The van der Waals surface area contributed by atoms with E-state index in [4.69, 9.17) is 9.90 Å². The lowest BCUT2D eigenvalue weighted by atomic mass is 10.0. The maximum absolute atomic E-state index is 12.5. The summed E-state index contributed by atoms with van der Waals surface area (Å²) in [6, 6.07) is 7.32. The molecule has 2 N–H and O–H groups in total. The van der Waals surface area contributed by atoms with Gasteiger partial charge in [0.25, 0.3) is 0 Å². The Kier molecular flexibility index (Phi) is 7.07. The molecule has 1 aliphatic heterocycles. The van der Waals surface area contributed by atoms with E-state index in [2.05, 4.69) is 10.4 Å². The molecule has 11 heteroatoms. The van der Waals surface area contributed by atoms with Crippen molar-refractivity contribution in [1.82, 2.24) is 15.1 Å². The largest absolute Gasteiger partial charge is 0.490 e. The number of rotatable bonds is 3. The highest BCUT2D eigenvalue weighted by Crippen LogP contribution is 2.29. The van der Waals surface area contributed by atoms with Crippen LogP contribution < -0.4 is 5.32 Å². The highest BCUT2D eigenvalue weighted by Gasteiger charge is 2.38. The van der Waals surface area contributed by atoms with Crippen molar-refractivity contribution >= 4 is 12.0 Å². The van der Waals surface area contributed by atoms with Crippen LogP contribution in [-0.2, 0) is 11.0 Å². The number of nitrogens with zero attached hydrogens (tertiary/aromatic N) is 2. The Morgan fingerprint density at radius 2 is 1.76 bits per heavy atom. The number of carboxylic acids is 1. The van der Waals surface area contributed by atoms with E-state index >= 15 is 0 Å². The topological polar surface area (TPSA) is 67.2 Å². The molecule has 158 valence electrons. The van der Waals surface area contributed by atoms with Gasteiger partial charge < -0.3 is 10.4 Å². The van der Waals surface area contributed by atoms with E-state index in [9.17, 15) is 26.3 Å². The Morgan fingerprint density at radius 1 is 1.14 bits per heavy atom. The average Bonchev–Trinajstić information content (AvgIpc) is 3.30. The first-order chi connectivity index (χ1) is 13.5. The number of aromatic nitrogens is 2. The second kappa shape index (κ2) is 9.12. The van der Waals surface area contributed by atoms with Crippen LogP contribution in [0.1, 0.15) is 17.2 Å². The fourth-order valence-electron chi connectivity index (χ4n) is 2.67. The Balaban J connectivity index is 0.000000370. The molecule has 0 bridgehead atoms. The van der Waals surface area contributed by atoms with Gasteiger partial charge in [0.15, 0.2) is 0 Å². The first-order valence-corrected chi connectivity index (χ1v) is 8.34. The second-order valence-corrected chi connectivity index (χ2v) is 6.16. The molecule has 0 amide bonds. The number of aliphatic carboxylic acids is 1. The molecule has 3 rings (SSSR count). The summed E-state index contributed by atoms with van der Waals surface area (Å²) in [7, 11) is 0. The maximum atomic E-state index is 12.5. The Hall–Kier alpha value is -2.82. The average molecular weight is 421 g/mol. The minimum absolute atomic E-state index is 0.237. The fourth-order valence-corrected chi connectivity index (χ4v) is 2.67. The lowest BCUT2D eigenvalue weighted by Gasteiger charge is -2.15. The zero-order chi connectivity index (χ0) is 21.7. The Morgan fingerprint density at radius 3 is 2.24 bits per heavy atom.